The Labute approximate surface area is 187 Å². The Hall–Kier alpha value is -3.00. The lowest BCUT2D eigenvalue weighted by atomic mass is 10.1. The second-order valence-electron chi connectivity index (χ2n) is 6.60. The number of hydrogen-bond donors (Lipinski definition) is 1. The molecule has 1 amide bonds. The second-order valence-corrected chi connectivity index (χ2v) is 9.94. The van der Waals surface area contributed by atoms with Gasteiger partial charge in [-0.15, -0.1) is 11.3 Å². The molecule has 3 aromatic rings. The van der Waals surface area contributed by atoms with Crippen LogP contribution in [0.25, 0.3) is 0 Å². The fourth-order valence-electron chi connectivity index (χ4n) is 2.73. The maximum atomic E-state index is 13.6. The molecule has 7 nitrogen and oxygen atoms in total. The summed E-state index contributed by atoms with van der Waals surface area (Å²) in [6.07, 6.45) is 0.884. The molecule has 1 N–H and O–H groups in total. The third-order valence-corrected chi connectivity index (χ3v) is 5.98. The molecule has 0 aliphatic rings. The summed E-state index contributed by atoms with van der Waals surface area (Å²) >= 11 is 7.10. The first-order valence-corrected chi connectivity index (χ1v) is 11.9. The van der Waals surface area contributed by atoms with Crippen molar-refractivity contribution in [1.29, 1.82) is 5.26 Å². The molecule has 0 atom stereocenters. The zero-order chi connectivity index (χ0) is 22.8. The molecule has 1 aromatic heterocycles. The van der Waals surface area contributed by atoms with Crippen LogP contribution in [0.5, 0.6) is 0 Å². The summed E-state index contributed by atoms with van der Waals surface area (Å²) in [4.78, 5) is 18.9. The molecule has 0 spiro atoms. The quantitative estimate of drug-likeness (QED) is 0.571. The number of amides is 1. The standard InChI is InChI=1S/C20H16ClFN4O3S2/c1-12-18(19(27)25-31(2,28)29)24-20(30-12)26(15-6-3-13(10-23)4-7-15)11-14-5-8-17(22)16(21)9-14/h3-9H,11H2,1-2H3,(H,25,27). The lowest BCUT2D eigenvalue weighted by Crippen LogP contribution is -2.30. The predicted octanol–water partition coefficient (Wildman–Crippen LogP) is 4.14. The summed E-state index contributed by atoms with van der Waals surface area (Å²) in [6, 6.07) is 13.1. The maximum Gasteiger partial charge on any atom is 0.284 e. The van der Waals surface area contributed by atoms with Crippen LogP contribution < -0.4 is 9.62 Å². The second kappa shape index (κ2) is 9.01. The molecule has 0 aliphatic carbocycles. The highest BCUT2D eigenvalue weighted by Gasteiger charge is 2.22. The Kier molecular flexibility index (Phi) is 6.59. The monoisotopic (exact) mass is 478 g/mol. The van der Waals surface area contributed by atoms with Gasteiger partial charge >= 0.3 is 0 Å². The van der Waals surface area contributed by atoms with Gasteiger partial charge in [0.15, 0.2) is 5.13 Å². The largest absolute Gasteiger partial charge is 0.313 e. The van der Waals surface area contributed by atoms with Crippen LogP contribution in [0.1, 0.15) is 26.5 Å². The van der Waals surface area contributed by atoms with Crippen molar-refractivity contribution in [3.8, 4) is 6.07 Å². The molecule has 0 saturated heterocycles. The van der Waals surface area contributed by atoms with Gasteiger partial charge < -0.3 is 4.90 Å². The van der Waals surface area contributed by atoms with Crippen LogP contribution in [-0.2, 0) is 16.6 Å². The highest BCUT2D eigenvalue weighted by atomic mass is 35.5. The number of carbonyl (C=O) groups is 1. The van der Waals surface area contributed by atoms with Crippen LogP contribution in [-0.4, -0.2) is 25.6 Å². The van der Waals surface area contributed by atoms with Gasteiger partial charge in [0.1, 0.15) is 11.5 Å². The molecule has 0 aliphatic heterocycles. The number of nitriles is 1. The molecule has 0 fully saturated rings. The number of rotatable bonds is 6. The van der Waals surface area contributed by atoms with Crippen molar-refractivity contribution in [1.82, 2.24) is 9.71 Å². The number of anilines is 2. The number of nitrogens with zero attached hydrogens (tertiary/aromatic N) is 3. The van der Waals surface area contributed by atoms with Gasteiger partial charge in [-0.05, 0) is 48.9 Å². The van der Waals surface area contributed by atoms with E-state index in [9.17, 15) is 17.6 Å². The molecule has 11 heteroatoms. The number of hydrogen-bond acceptors (Lipinski definition) is 7. The van der Waals surface area contributed by atoms with Crippen LogP contribution in [0, 0.1) is 24.1 Å². The van der Waals surface area contributed by atoms with E-state index in [-0.39, 0.29) is 17.3 Å². The first kappa shape index (κ1) is 22.7. The van der Waals surface area contributed by atoms with Gasteiger partial charge in [0.2, 0.25) is 10.0 Å². The third kappa shape index (κ3) is 5.58. The first-order valence-electron chi connectivity index (χ1n) is 8.78. The Morgan fingerprint density at radius 2 is 1.97 bits per heavy atom. The van der Waals surface area contributed by atoms with Gasteiger partial charge in [0, 0.05) is 10.6 Å². The fourth-order valence-corrected chi connectivity index (χ4v) is 4.29. The summed E-state index contributed by atoms with van der Waals surface area (Å²) in [6.45, 7) is 1.90. The minimum absolute atomic E-state index is 0.0128. The third-order valence-electron chi connectivity index (χ3n) is 4.14. The van der Waals surface area contributed by atoms with Crippen LogP contribution in [0.3, 0.4) is 0 Å². The molecule has 0 saturated carbocycles. The highest BCUT2D eigenvalue weighted by Crippen LogP contribution is 2.33. The van der Waals surface area contributed by atoms with E-state index >= 15 is 0 Å². The van der Waals surface area contributed by atoms with E-state index in [1.54, 1.807) is 42.2 Å². The van der Waals surface area contributed by atoms with E-state index in [1.807, 2.05) is 10.8 Å². The molecule has 3 rings (SSSR count). The molecule has 2 aromatic carbocycles. The summed E-state index contributed by atoms with van der Waals surface area (Å²) < 4.78 is 38.3. The number of aryl methyl sites for hydroxylation is 1. The zero-order valence-corrected chi connectivity index (χ0v) is 18.8. The molecule has 0 bridgehead atoms. The van der Waals surface area contributed by atoms with E-state index in [2.05, 4.69) is 4.98 Å². The van der Waals surface area contributed by atoms with Crippen molar-refractivity contribution in [2.45, 2.75) is 13.5 Å². The minimum atomic E-state index is -3.75. The summed E-state index contributed by atoms with van der Waals surface area (Å²) in [5, 5.41) is 9.44. The SMILES string of the molecule is Cc1sc(N(Cc2ccc(F)c(Cl)c2)c2ccc(C#N)cc2)nc1C(=O)NS(C)(=O)=O. The molecular weight excluding hydrogens is 463 g/mol. The Morgan fingerprint density at radius 3 is 2.55 bits per heavy atom. The van der Waals surface area contributed by atoms with Crippen molar-refractivity contribution >= 4 is 49.7 Å². The number of halogens is 2. The molecule has 1 heterocycles. The number of thiazole rings is 1. The molecule has 0 radical (unpaired) electrons. The van der Waals surface area contributed by atoms with Crippen molar-refractivity contribution in [3.05, 3.63) is 75.0 Å². The predicted molar refractivity (Wildman–Crippen MR) is 118 cm³/mol. The number of aromatic nitrogens is 1. The van der Waals surface area contributed by atoms with Crippen LogP contribution in [0.2, 0.25) is 5.02 Å². The number of benzene rings is 2. The molecule has 31 heavy (non-hydrogen) atoms. The number of carbonyl (C=O) groups excluding carboxylic acids is 1. The topological polar surface area (TPSA) is 103 Å². The van der Waals surface area contributed by atoms with Crippen LogP contribution >= 0.6 is 22.9 Å². The summed E-state index contributed by atoms with van der Waals surface area (Å²) in [5.74, 6) is -1.37. The number of nitrogens with one attached hydrogen (secondary N) is 1. The lowest BCUT2D eigenvalue weighted by Gasteiger charge is -2.22. The van der Waals surface area contributed by atoms with Gasteiger partial charge in [0.25, 0.3) is 5.91 Å². The van der Waals surface area contributed by atoms with E-state index in [4.69, 9.17) is 16.9 Å². The average Bonchev–Trinajstić information content (AvgIpc) is 3.09. The zero-order valence-electron chi connectivity index (χ0n) is 16.4. The maximum absolute atomic E-state index is 13.6. The van der Waals surface area contributed by atoms with Gasteiger partial charge in [-0.3, -0.25) is 4.79 Å². The summed E-state index contributed by atoms with van der Waals surface area (Å²) in [7, 11) is -3.75. The van der Waals surface area contributed by atoms with Crippen LogP contribution in [0.15, 0.2) is 42.5 Å². The molecule has 0 unspecified atom stereocenters. The van der Waals surface area contributed by atoms with Gasteiger partial charge in [-0.1, -0.05) is 17.7 Å². The Bertz CT molecular complexity index is 1280. The number of sulfonamides is 1. The van der Waals surface area contributed by atoms with E-state index < -0.39 is 21.7 Å². The smallest absolute Gasteiger partial charge is 0.284 e. The van der Waals surface area contributed by atoms with Crippen LogP contribution in [0.4, 0.5) is 15.2 Å². The Balaban J connectivity index is 2.03. The highest BCUT2D eigenvalue weighted by molar-refractivity contribution is 7.89. The van der Waals surface area contributed by atoms with Gasteiger partial charge in [-0.2, -0.15) is 5.26 Å². The van der Waals surface area contributed by atoms with E-state index in [0.717, 1.165) is 6.26 Å². The van der Waals surface area contributed by atoms with Crippen molar-refractivity contribution in [3.63, 3.8) is 0 Å². The van der Waals surface area contributed by atoms with Crippen molar-refractivity contribution in [2.24, 2.45) is 0 Å². The fraction of sp³-hybridized carbons (Fsp3) is 0.150. The minimum Gasteiger partial charge on any atom is -0.313 e. The average molecular weight is 479 g/mol. The summed E-state index contributed by atoms with van der Waals surface area (Å²) in [5.41, 5.74) is 1.81. The normalized spacial score (nSPS) is 11.1. The van der Waals surface area contributed by atoms with Gasteiger partial charge in [0.05, 0.1) is 29.5 Å². The first-order chi connectivity index (χ1) is 14.6. The van der Waals surface area contributed by atoms with Crippen molar-refractivity contribution < 1.29 is 17.6 Å². The van der Waals surface area contributed by atoms with Gasteiger partial charge in [-0.25, -0.2) is 22.5 Å². The molecule has 160 valence electrons. The van der Waals surface area contributed by atoms with E-state index in [1.165, 1.54) is 23.5 Å². The lowest BCUT2D eigenvalue weighted by molar-refractivity contribution is 0.0977. The van der Waals surface area contributed by atoms with Crippen molar-refractivity contribution in [2.75, 3.05) is 11.2 Å². The Morgan fingerprint density at radius 1 is 1.29 bits per heavy atom. The molecular formula is C20H16ClFN4O3S2. The van der Waals surface area contributed by atoms with E-state index in [0.29, 0.717) is 26.8 Å².